The molecule has 1 saturated heterocycles. The molecule has 0 aliphatic carbocycles. The molecule has 0 saturated carbocycles. The quantitative estimate of drug-likeness (QED) is 0.729. The highest BCUT2D eigenvalue weighted by Crippen LogP contribution is 2.40. The number of aliphatic hydroxyl groups is 1. The lowest BCUT2D eigenvalue weighted by molar-refractivity contribution is 0.00331. The van der Waals surface area contributed by atoms with Crippen molar-refractivity contribution in [3.63, 3.8) is 0 Å². The zero-order valence-corrected chi connectivity index (χ0v) is 9.92. The third kappa shape index (κ3) is 2.02. The molecule has 1 heterocycles. The molecule has 4 heteroatoms. The van der Waals surface area contributed by atoms with Crippen molar-refractivity contribution in [1.82, 2.24) is 5.32 Å². The van der Waals surface area contributed by atoms with Gasteiger partial charge in [0.2, 0.25) is 0 Å². The molecule has 1 aromatic carbocycles. The second-order valence-corrected chi connectivity index (χ2v) is 4.77. The maximum Gasteiger partial charge on any atom is 0.122 e. The van der Waals surface area contributed by atoms with Gasteiger partial charge in [0.25, 0.3) is 0 Å². The van der Waals surface area contributed by atoms with Crippen LogP contribution in [-0.4, -0.2) is 23.3 Å². The predicted molar refractivity (Wildman–Crippen MR) is 61.8 cm³/mol. The van der Waals surface area contributed by atoms with E-state index in [4.69, 9.17) is 0 Å². The number of halogens is 1. The SMILES string of the molecule is Oc1cccc(Br)c1C1(O)CCNCC1. The zero-order chi connectivity index (χ0) is 10.9. The second-order valence-electron chi connectivity index (χ2n) is 3.92. The normalized spacial score (nSPS) is 20.1. The predicted octanol–water partition coefficient (Wildman–Crippen LogP) is 1.73. The molecule has 82 valence electrons. The lowest BCUT2D eigenvalue weighted by atomic mass is 9.84. The van der Waals surface area contributed by atoms with Crippen molar-refractivity contribution in [3.8, 4) is 5.75 Å². The Bertz CT molecular complexity index is 341. The van der Waals surface area contributed by atoms with E-state index in [0.717, 1.165) is 17.6 Å². The van der Waals surface area contributed by atoms with Crippen molar-refractivity contribution < 1.29 is 10.2 Å². The van der Waals surface area contributed by atoms with Crippen LogP contribution >= 0.6 is 15.9 Å². The number of aromatic hydroxyl groups is 1. The van der Waals surface area contributed by atoms with Gasteiger partial charge in [0.05, 0.1) is 5.60 Å². The Morgan fingerprint density at radius 3 is 2.53 bits per heavy atom. The van der Waals surface area contributed by atoms with E-state index in [-0.39, 0.29) is 5.75 Å². The van der Waals surface area contributed by atoms with Crippen LogP contribution in [0.4, 0.5) is 0 Å². The van der Waals surface area contributed by atoms with Crippen molar-refractivity contribution in [3.05, 3.63) is 28.2 Å². The molecule has 1 fully saturated rings. The molecule has 0 bridgehead atoms. The third-order valence-electron chi connectivity index (χ3n) is 2.89. The number of phenols is 1. The maximum atomic E-state index is 10.5. The van der Waals surface area contributed by atoms with E-state index in [0.29, 0.717) is 18.4 Å². The first-order valence-electron chi connectivity index (χ1n) is 5.04. The summed E-state index contributed by atoms with van der Waals surface area (Å²) in [6, 6.07) is 5.21. The summed E-state index contributed by atoms with van der Waals surface area (Å²) in [6.45, 7) is 1.55. The summed E-state index contributed by atoms with van der Waals surface area (Å²) in [6.07, 6.45) is 1.26. The molecular weight excluding hydrogens is 258 g/mol. The van der Waals surface area contributed by atoms with E-state index in [2.05, 4.69) is 21.2 Å². The topological polar surface area (TPSA) is 52.5 Å². The molecule has 1 aliphatic heterocycles. The molecule has 0 unspecified atom stereocenters. The molecule has 0 atom stereocenters. The summed E-state index contributed by atoms with van der Waals surface area (Å²) in [5, 5.41) is 23.5. The van der Waals surface area contributed by atoms with Gasteiger partial charge in [0, 0.05) is 10.0 Å². The van der Waals surface area contributed by atoms with Crippen LogP contribution in [0.5, 0.6) is 5.75 Å². The van der Waals surface area contributed by atoms with Gasteiger partial charge in [-0.05, 0) is 38.1 Å². The number of hydrogen-bond donors (Lipinski definition) is 3. The van der Waals surface area contributed by atoms with Crippen LogP contribution in [-0.2, 0) is 5.60 Å². The standard InChI is InChI=1S/C11H14BrNO2/c12-8-2-1-3-9(14)10(8)11(15)4-6-13-7-5-11/h1-3,13-15H,4-7H2. The highest BCUT2D eigenvalue weighted by molar-refractivity contribution is 9.10. The van der Waals surface area contributed by atoms with Crippen LogP contribution in [0.25, 0.3) is 0 Å². The first-order valence-corrected chi connectivity index (χ1v) is 5.84. The first-order chi connectivity index (χ1) is 7.13. The van der Waals surface area contributed by atoms with E-state index in [1.54, 1.807) is 12.1 Å². The van der Waals surface area contributed by atoms with Crippen LogP contribution in [0.1, 0.15) is 18.4 Å². The summed E-state index contributed by atoms with van der Waals surface area (Å²) in [4.78, 5) is 0. The number of piperidine rings is 1. The first kappa shape index (κ1) is 10.9. The number of rotatable bonds is 1. The summed E-state index contributed by atoms with van der Waals surface area (Å²) >= 11 is 3.38. The van der Waals surface area contributed by atoms with Gasteiger partial charge in [0.15, 0.2) is 0 Å². The Labute approximate surface area is 97.3 Å². The summed E-state index contributed by atoms with van der Waals surface area (Å²) in [7, 11) is 0. The minimum atomic E-state index is -0.907. The molecule has 15 heavy (non-hydrogen) atoms. The lowest BCUT2D eigenvalue weighted by Crippen LogP contribution is -2.39. The third-order valence-corrected chi connectivity index (χ3v) is 3.55. The van der Waals surface area contributed by atoms with Crippen LogP contribution in [0.3, 0.4) is 0 Å². The van der Waals surface area contributed by atoms with Gasteiger partial charge in [-0.15, -0.1) is 0 Å². The van der Waals surface area contributed by atoms with Gasteiger partial charge in [0.1, 0.15) is 5.75 Å². The summed E-state index contributed by atoms with van der Waals surface area (Å²) in [5.74, 6) is 0.161. The van der Waals surface area contributed by atoms with Crippen molar-refractivity contribution in [2.45, 2.75) is 18.4 Å². The Hall–Kier alpha value is -0.580. The Morgan fingerprint density at radius 2 is 1.93 bits per heavy atom. The van der Waals surface area contributed by atoms with Gasteiger partial charge in [-0.3, -0.25) is 0 Å². The van der Waals surface area contributed by atoms with Gasteiger partial charge < -0.3 is 15.5 Å². The fourth-order valence-electron chi connectivity index (χ4n) is 2.06. The molecule has 0 spiro atoms. The average molecular weight is 272 g/mol. The van der Waals surface area contributed by atoms with Crippen LogP contribution in [0, 0.1) is 0 Å². The number of phenolic OH excluding ortho intramolecular Hbond substituents is 1. The minimum absolute atomic E-state index is 0.161. The van der Waals surface area contributed by atoms with Crippen LogP contribution in [0.2, 0.25) is 0 Å². The summed E-state index contributed by atoms with van der Waals surface area (Å²) < 4.78 is 0.770. The van der Waals surface area contributed by atoms with Crippen molar-refractivity contribution in [2.75, 3.05) is 13.1 Å². The lowest BCUT2D eigenvalue weighted by Gasteiger charge is -2.34. The molecule has 3 N–H and O–H groups in total. The molecule has 0 aromatic heterocycles. The van der Waals surface area contributed by atoms with Gasteiger partial charge in [-0.1, -0.05) is 22.0 Å². The highest BCUT2D eigenvalue weighted by atomic mass is 79.9. The largest absolute Gasteiger partial charge is 0.508 e. The molecule has 3 nitrogen and oxygen atoms in total. The molecule has 0 amide bonds. The molecule has 1 aromatic rings. The second kappa shape index (κ2) is 4.12. The highest BCUT2D eigenvalue weighted by Gasteiger charge is 2.35. The number of benzene rings is 1. The Balaban J connectivity index is 2.42. The zero-order valence-electron chi connectivity index (χ0n) is 8.33. The van der Waals surface area contributed by atoms with Crippen molar-refractivity contribution in [2.24, 2.45) is 0 Å². The fourth-order valence-corrected chi connectivity index (χ4v) is 2.79. The minimum Gasteiger partial charge on any atom is -0.508 e. The number of hydrogen-bond acceptors (Lipinski definition) is 3. The molecule has 2 rings (SSSR count). The molecule has 0 radical (unpaired) electrons. The van der Waals surface area contributed by atoms with Gasteiger partial charge >= 0.3 is 0 Å². The van der Waals surface area contributed by atoms with Crippen molar-refractivity contribution in [1.29, 1.82) is 0 Å². The van der Waals surface area contributed by atoms with Crippen LogP contribution < -0.4 is 5.32 Å². The van der Waals surface area contributed by atoms with Crippen molar-refractivity contribution >= 4 is 15.9 Å². The van der Waals surface area contributed by atoms with E-state index < -0.39 is 5.60 Å². The van der Waals surface area contributed by atoms with Gasteiger partial charge in [-0.25, -0.2) is 0 Å². The van der Waals surface area contributed by atoms with Crippen LogP contribution in [0.15, 0.2) is 22.7 Å². The fraction of sp³-hybridized carbons (Fsp3) is 0.455. The molecular formula is C11H14BrNO2. The maximum absolute atomic E-state index is 10.5. The van der Waals surface area contributed by atoms with E-state index in [1.165, 1.54) is 0 Å². The average Bonchev–Trinajstić information content (AvgIpc) is 2.18. The Kier molecular flexibility index (Phi) is 3.00. The van der Waals surface area contributed by atoms with E-state index in [9.17, 15) is 10.2 Å². The molecule has 1 aliphatic rings. The monoisotopic (exact) mass is 271 g/mol. The smallest absolute Gasteiger partial charge is 0.122 e. The van der Waals surface area contributed by atoms with Gasteiger partial charge in [-0.2, -0.15) is 0 Å². The number of nitrogens with one attached hydrogen (secondary N) is 1. The summed E-state index contributed by atoms with van der Waals surface area (Å²) in [5.41, 5.74) is -0.290. The Morgan fingerprint density at radius 1 is 1.27 bits per heavy atom. The van der Waals surface area contributed by atoms with E-state index >= 15 is 0 Å². The van der Waals surface area contributed by atoms with E-state index in [1.807, 2.05) is 6.07 Å².